The van der Waals surface area contributed by atoms with Crippen molar-refractivity contribution < 1.29 is 0 Å². The lowest BCUT2D eigenvalue weighted by Gasteiger charge is -2.41. The fraction of sp³-hybridized carbons (Fsp3) is 0.259. The number of thiocarbonyl (C=S) groups is 1. The van der Waals surface area contributed by atoms with Crippen LogP contribution in [0.4, 0.5) is 11.4 Å². The SMILES string of the molecule is CC1=CC(C)(C)N(C)c2ccc([C@H]3[C@@H](c4ccccn4)NC(=S)N3c3ccc(Br)cc3)cc21. The molecule has 0 saturated carbocycles. The summed E-state index contributed by atoms with van der Waals surface area (Å²) in [7, 11) is 2.17. The number of aromatic nitrogens is 1. The van der Waals surface area contributed by atoms with Gasteiger partial charge in [0.05, 0.1) is 23.3 Å². The van der Waals surface area contributed by atoms with Gasteiger partial charge in [-0.25, -0.2) is 0 Å². The summed E-state index contributed by atoms with van der Waals surface area (Å²) in [5, 5.41) is 4.26. The number of halogens is 1. The molecule has 0 radical (unpaired) electrons. The van der Waals surface area contributed by atoms with E-state index in [1.54, 1.807) is 0 Å². The lowest BCUT2D eigenvalue weighted by atomic mass is 9.86. The molecule has 2 aromatic carbocycles. The third-order valence-corrected chi connectivity index (χ3v) is 7.63. The molecule has 1 N–H and O–H groups in total. The summed E-state index contributed by atoms with van der Waals surface area (Å²) in [6.07, 6.45) is 4.19. The fourth-order valence-electron chi connectivity index (χ4n) is 4.93. The van der Waals surface area contributed by atoms with Gasteiger partial charge in [0, 0.05) is 34.7 Å². The topological polar surface area (TPSA) is 31.4 Å². The van der Waals surface area contributed by atoms with Gasteiger partial charge in [-0.2, -0.15) is 0 Å². The molecule has 0 spiro atoms. The molecule has 6 heteroatoms. The molecule has 3 heterocycles. The Balaban J connectivity index is 1.65. The van der Waals surface area contributed by atoms with Crippen LogP contribution in [-0.2, 0) is 0 Å². The number of pyridine rings is 1. The van der Waals surface area contributed by atoms with Crippen molar-refractivity contribution in [3.63, 3.8) is 0 Å². The van der Waals surface area contributed by atoms with E-state index < -0.39 is 0 Å². The Kier molecular flexibility index (Phi) is 5.53. The molecule has 3 aromatic rings. The van der Waals surface area contributed by atoms with Crippen LogP contribution in [0.25, 0.3) is 5.57 Å². The third-order valence-electron chi connectivity index (χ3n) is 6.79. The first-order valence-electron chi connectivity index (χ1n) is 11.1. The van der Waals surface area contributed by atoms with E-state index >= 15 is 0 Å². The van der Waals surface area contributed by atoms with Gasteiger partial charge in [0.25, 0.3) is 0 Å². The molecule has 1 saturated heterocycles. The van der Waals surface area contributed by atoms with Crippen LogP contribution in [0.3, 0.4) is 0 Å². The Morgan fingerprint density at radius 2 is 1.82 bits per heavy atom. The van der Waals surface area contributed by atoms with Crippen molar-refractivity contribution in [3.8, 4) is 0 Å². The van der Waals surface area contributed by atoms with Crippen LogP contribution >= 0.6 is 28.1 Å². The van der Waals surface area contributed by atoms with Gasteiger partial charge in [-0.15, -0.1) is 0 Å². The minimum atomic E-state index is -0.0533. The van der Waals surface area contributed by atoms with E-state index in [-0.39, 0.29) is 17.6 Å². The number of anilines is 2. The van der Waals surface area contributed by atoms with Crippen LogP contribution in [0.2, 0.25) is 0 Å². The van der Waals surface area contributed by atoms with Crippen LogP contribution in [0.5, 0.6) is 0 Å². The quantitative estimate of drug-likeness (QED) is 0.392. The Labute approximate surface area is 209 Å². The number of benzene rings is 2. The van der Waals surface area contributed by atoms with Crippen molar-refractivity contribution in [1.29, 1.82) is 0 Å². The van der Waals surface area contributed by atoms with E-state index in [2.05, 4.69) is 118 Å². The maximum Gasteiger partial charge on any atom is 0.174 e. The van der Waals surface area contributed by atoms with Gasteiger partial charge in [0.1, 0.15) is 0 Å². The molecule has 0 bridgehead atoms. The van der Waals surface area contributed by atoms with Gasteiger partial charge in [-0.05, 0) is 92.7 Å². The van der Waals surface area contributed by atoms with E-state index in [1.807, 2.05) is 18.3 Å². The molecule has 5 rings (SSSR count). The highest BCUT2D eigenvalue weighted by atomic mass is 79.9. The third kappa shape index (κ3) is 3.85. The normalized spacial score (nSPS) is 21.5. The van der Waals surface area contributed by atoms with Crippen molar-refractivity contribution in [2.75, 3.05) is 16.8 Å². The zero-order chi connectivity index (χ0) is 23.3. The Morgan fingerprint density at radius 3 is 2.52 bits per heavy atom. The molecule has 2 aliphatic heterocycles. The standard InChI is InChI=1S/C27H27BrN4S/c1-17-16-27(2,3)31(4)23-13-8-18(15-21(17)23)25-24(22-7-5-6-14-29-22)30-26(33)32(25)20-11-9-19(28)10-12-20/h5-16,24-25H,1-4H3,(H,30,33)/t24-,25+/m1/s1. The highest BCUT2D eigenvalue weighted by Gasteiger charge is 2.41. The maximum atomic E-state index is 5.86. The van der Waals surface area contributed by atoms with Gasteiger partial charge in [-0.3, -0.25) is 4.98 Å². The van der Waals surface area contributed by atoms with E-state index in [0.717, 1.165) is 15.9 Å². The number of rotatable bonds is 3. The summed E-state index contributed by atoms with van der Waals surface area (Å²) in [5.74, 6) is 0. The predicted molar refractivity (Wildman–Crippen MR) is 145 cm³/mol. The largest absolute Gasteiger partial charge is 0.366 e. The molecule has 2 atom stereocenters. The molecular formula is C27H27BrN4S. The van der Waals surface area contributed by atoms with E-state index in [4.69, 9.17) is 12.2 Å². The fourth-order valence-corrected chi connectivity index (χ4v) is 5.54. The van der Waals surface area contributed by atoms with Gasteiger partial charge in [-0.1, -0.05) is 34.1 Å². The van der Waals surface area contributed by atoms with E-state index in [1.165, 1.54) is 22.4 Å². The van der Waals surface area contributed by atoms with Crippen molar-refractivity contribution in [1.82, 2.24) is 10.3 Å². The monoisotopic (exact) mass is 518 g/mol. The van der Waals surface area contributed by atoms with Crippen LogP contribution in [0, 0.1) is 0 Å². The minimum absolute atomic E-state index is 0.0188. The summed E-state index contributed by atoms with van der Waals surface area (Å²) >= 11 is 9.41. The molecule has 1 fully saturated rings. The van der Waals surface area contributed by atoms with Gasteiger partial charge in [0.2, 0.25) is 0 Å². The smallest absolute Gasteiger partial charge is 0.174 e. The second-order valence-electron chi connectivity index (χ2n) is 9.29. The zero-order valence-electron chi connectivity index (χ0n) is 19.2. The first kappa shape index (κ1) is 22.1. The van der Waals surface area contributed by atoms with Crippen molar-refractivity contribution in [3.05, 3.63) is 94.2 Å². The lowest BCUT2D eigenvalue weighted by molar-refractivity contribution is 0.566. The number of nitrogens with zero attached hydrogens (tertiary/aromatic N) is 3. The summed E-state index contributed by atoms with van der Waals surface area (Å²) < 4.78 is 1.04. The van der Waals surface area contributed by atoms with Crippen molar-refractivity contribution in [2.24, 2.45) is 0 Å². The second kappa shape index (κ2) is 8.26. The van der Waals surface area contributed by atoms with Crippen LogP contribution in [-0.4, -0.2) is 22.7 Å². The minimum Gasteiger partial charge on any atom is -0.366 e. The Hall–Kier alpha value is -2.70. The number of fused-ring (bicyclic) bond motifs is 1. The number of allylic oxidation sites excluding steroid dienone is 1. The van der Waals surface area contributed by atoms with Gasteiger partial charge >= 0.3 is 0 Å². The van der Waals surface area contributed by atoms with Crippen molar-refractivity contribution in [2.45, 2.75) is 38.4 Å². The van der Waals surface area contributed by atoms with Crippen LogP contribution in [0.1, 0.15) is 49.7 Å². The van der Waals surface area contributed by atoms with Gasteiger partial charge in [0.15, 0.2) is 5.11 Å². The first-order chi connectivity index (χ1) is 15.8. The predicted octanol–water partition coefficient (Wildman–Crippen LogP) is 6.65. The van der Waals surface area contributed by atoms with Crippen LogP contribution < -0.4 is 15.1 Å². The molecule has 2 aliphatic rings. The zero-order valence-corrected chi connectivity index (χ0v) is 21.6. The summed E-state index contributed by atoms with van der Waals surface area (Å²) in [4.78, 5) is 9.24. The first-order valence-corrected chi connectivity index (χ1v) is 12.3. The molecule has 33 heavy (non-hydrogen) atoms. The maximum absolute atomic E-state index is 5.86. The molecular weight excluding hydrogens is 492 g/mol. The second-order valence-corrected chi connectivity index (χ2v) is 10.6. The highest BCUT2D eigenvalue weighted by Crippen LogP contribution is 2.45. The average Bonchev–Trinajstić information content (AvgIpc) is 3.15. The van der Waals surface area contributed by atoms with Crippen LogP contribution in [0.15, 0.2) is 77.4 Å². The molecule has 0 aliphatic carbocycles. The molecule has 4 nitrogen and oxygen atoms in total. The number of hydrogen-bond donors (Lipinski definition) is 1. The highest BCUT2D eigenvalue weighted by molar-refractivity contribution is 9.10. The molecule has 168 valence electrons. The molecule has 0 unspecified atom stereocenters. The van der Waals surface area contributed by atoms with E-state index in [0.29, 0.717) is 5.11 Å². The number of hydrogen-bond acceptors (Lipinski definition) is 3. The lowest BCUT2D eigenvalue weighted by Crippen LogP contribution is -2.42. The number of nitrogens with one attached hydrogen (secondary N) is 1. The van der Waals surface area contributed by atoms with Gasteiger partial charge < -0.3 is 15.1 Å². The molecule has 0 amide bonds. The Morgan fingerprint density at radius 1 is 1.06 bits per heavy atom. The molecule has 1 aromatic heterocycles. The number of likely N-dealkylation sites (N-methyl/N-ethyl adjacent to an activating group) is 1. The Bertz CT molecular complexity index is 1240. The summed E-state index contributed by atoms with van der Waals surface area (Å²) in [5.41, 5.74) is 7.04. The van der Waals surface area contributed by atoms with E-state index in [9.17, 15) is 0 Å². The summed E-state index contributed by atoms with van der Waals surface area (Å²) in [6.45, 7) is 6.70. The summed E-state index contributed by atoms with van der Waals surface area (Å²) in [6, 6.07) is 21.1. The van der Waals surface area contributed by atoms with Crippen molar-refractivity contribution >= 4 is 50.2 Å². The average molecular weight is 520 g/mol.